The molecule has 5 aromatic rings. The summed E-state index contributed by atoms with van der Waals surface area (Å²) in [4.78, 5) is 18.3. The summed E-state index contributed by atoms with van der Waals surface area (Å²) < 4.78 is 27.9. The summed E-state index contributed by atoms with van der Waals surface area (Å²) in [5, 5.41) is 0. The predicted octanol–water partition coefficient (Wildman–Crippen LogP) is 20.5. The molecule has 0 atom stereocenters. The number of ether oxygens (including phenoxy) is 4. The van der Waals surface area contributed by atoms with Crippen molar-refractivity contribution in [3.63, 3.8) is 0 Å². The zero-order valence-corrected chi connectivity index (χ0v) is 48.3. The summed E-state index contributed by atoms with van der Waals surface area (Å²) >= 11 is 8.03. The van der Waals surface area contributed by atoms with Crippen molar-refractivity contribution in [3.05, 3.63) is 92.4 Å². The molecule has 0 saturated carbocycles. The average Bonchev–Trinajstić information content (AvgIpc) is 4.27. The van der Waals surface area contributed by atoms with Crippen LogP contribution in [-0.4, -0.2) is 46.4 Å². The molecule has 5 heterocycles. The Morgan fingerprint density at radius 3 is 0.919 bits per heavy atom. The van der Waals surface area contributed by atoms with Crippen LogP contribution < -0.4 is 18.9 Å². The second-order valence-electron chi connectivity index (χ2n) is 20.2. The van der Waals surface area contributed by atoms with Gasteiger partial charge in [-0.05, 0) is 142 Å². The van der Waals surface area contributed by atoms with Gasteiger partial charge in [-0.1, -0.05) is 156 Å². The lowest BCUT2D eigenvalue weighted by molar-refractivity contribution is 0.289. The highest BCUT2D eigenvalue weighted by Crippen LogP contribution is 2.40. The fraction of sp³-hybridized carbons (Fsp3) is 0.500. The summed E-state index contributed by atoms with van der Waals surface area (Å²) in [7, 11) is 0. The van der Waals surface area contributed by atoms with Gasteiger partial charge in [0.25, 0.3) is 0 Å². The second-order valence-corrected chi connectivity index (χ2v) is 21.8. The van der Waals surface area contributed by atoms with Crippen LogP contribution in [0.5, 0.6) is 23.0 Å². The van der Waals surface area contributed by atoms with Crippen LogP contribution in [0.2, 0.25) is 0 Å². The summed E-state index contributed by atoms with van der Waals surface area (Å²) in [5.74, 6) is 3.22. The highest BCUT2D eigenvalue weighted by atomic mass is 79.9. The van der Waals surface area contributed by atoms with Crippen LogP contribution in [0.1, 0.15) is 205 Å². The summed E-state index contributed by atoms with van der Waals surface area (Å²) in [5.41, 5.74) is 10.8. The van der Waals surface area contributed by atoms with Gasteiger partial charge < -0.3 is 28.9 Å². The molecular weight excluding hydrogens is 1050 g/mol. The third-order valence-corrected chi connectivity index (χ3v) is 15.7. The molecule has 0 unspecified atom stereocenters. The molecule has 0 fully saturated rings. The lowest BCUT2D eigenvalue weighted by Crippen LogP contribution is -2.01. The van der Waals surface area contributed by atoms with Gasteiger partial charge >= 0.3 is 0 Å². The maximum absolute atomic E-state index is 6.54. The highest BCUT2D eigenvalue weighted by Gasteiger charge is 2.19. The second kappa shape index (κ2) is 31.3. The van der Waals surface area contributed by atoms with E-state index >= 15 is 0 Å². The van der Waals surface area contributed by atoms with E-state index in [1.165, 1.54) is 128 Å². The molecule has 2 aromatic carbocycles. The van der Waals surface area contributed by atoms with E-state index in [0.717, 1.165) is 125 Å². The first-order valence-corrected chi connectivity index (χ1v) is 30.3. The van der Waals surface area contributed by atoms with E-state index in [1.807, 2.05) is 0 Å². The number of nitrogens with zero attached hydrogens (tertiary/aromatic N) is 2. The fourth-order valence-corrected chi connectivity index (χ4v) is 10.7. The van der Waals surface area contributed by atoms with Gasteiger partial charge in [0.05, 0.1) is 69.2 Å². The largest absolute Gasteiger partial charge is 0.493 e. The monoisotopic (exact) mass is 1130 g/mol. The molecule has 7 rings (SSSR count). The average molecular weight is 1130 g/mol. The van der Waals surface area contributed by atoms with Crippen molar-refractivity contribution < 1.29 is 18.9 Å². The van der Waals surface area contributed by atoms with Gasteiger partial charge in [0, 0.05) is 34.3 Å². The van der Waals surface area contributed by atoms with Crippen LogP contribution >= 0.6 is 31.9 Å². The van der Waals surface area contributed by atoms with Crippen molar-refractivity contribution >= 4 is 78.2 Å². The first-order valence-electron chi connectivity index (χ1n) is 28.7. The van der Waals surface area contributed by atoms with Gasteiger partial charge in [0.1, 0.15) is 23.0 Å². The van der Waals surface area contributed by atoms with E-state index in [2.05, 4.69) is 154 Å². The number of nitrogens with one attached hydrogen (secondary N) is 2. The minimum atomic E-state index is 0.662. The number of hydrogen-bond donors (Lipinski definition) is 2. The number of unbranched alkanes of at least 4 members (excludes halogenated alkanes) is 20. The first kappa shape index (κ1) is 56.9. The van der Waals surface area contributed by atoms with E-state index in [-0.39, 0.29) is 0 Å². The standard InChI is InChI=1S/C64H84Br2N4O4/c1-5-9-13-17-21-25-37-71-49-41-47(42-50(45-49)72-38-26-22-18-14-10-6-2)61-53-29-33-57(67-53)63(65)59-35-31-55(69-59)62(56-32-36-60(70-56)64(66)58-34-30-54(61)68-58)48-43-51(73-39-27-23-19-15-11-7-3)46-52(44-48)74-40-28-24-20-16-12-8-4/h29-36,41-46,67,70H,5-28,37-40H2,1-4H3. The molecule has 0 aliphatic carbocycles. The molecular formula is C64H84Br2N4O4. The van der Waals surface area contributed by atoms with Crippen molar-refractivity contribution in [3.8, 4) is 45.3 Å². The fourth-order valence-electron chi connectivity index (χ4n) is 9.80. The Hall–Kier alpha value is -4.80. The van der Waals surface area contributed by atoms with E-state index in [4.69, 9.17) is 28.9 Å². The third-order valence-electron chi connectivity index (χ3n) is 14.0. The van der Waals surface area contributed by atoms with Gasteiger partial charge in [0.2, 0.25) is 0 Å². The molecule has 10 heteroatoms. The minimum absolute atomic E-state index is 0.662. The van der Waals surface area contributed by atoms with Gasteiger partial charge in [-0.25, -0.2) is 9.97 Å². The SMILES string of the molecule is CCCCCCCCOc1cc(OCCCCCCCC)cc(-c2c3nc(c(Br)c4ccc([nH]4)c(-c4cc(OCCCCCCCC)cc(OCCCCCCCC)c4)c4nc(c(Br)c5ccc2[nH]5)C=C4)C=C3)c1. The molecule has 0 amide bonds. The van der Waals surface area contributed by atoms with Crippen LogP contribution in [0.15, 0.2) is 69.6 Å². The van der Waals surface area contributed by atoms with Gasteiger partial charge in [-0.15, -0.1) is 0 Å². The lowest BCUT2D eigenvalue weighted by Gasteiger charge is -2.14. The Labute approximate surface area is 460 Å². The summed E-state index contributed by atoms with van der Waals surface area (Å²) in [6, 6.07) is 21.2. The third kappa shape index (κ3) is 17.1. The van der Waals surface area contributed by atoms with Gasteiger partial charge in [0.15, 0.2) is 0 Å². The molecule has 0 saturated heterocycles. The Bertz CT molecular complexity index is 2500. The van der Waals surface area contributed by atoms with Crippen molar-refractivity contribution in [2.45, 2.75) is 182 Å². The molecule has 74 heavy (non-hydrogen) atoms. The maximum Gasteiger partial charge on any atom is 0.123 e. The molecule has 398 valence electrons. The van der Waals surface area contributed by atoms with Crippen LogP contribution in [0.25, 0.3) is 68.6 Å². The zero-order chi connectivity index (χ0) is 51.7. The molecule has 2 N–H and O–H groups in total. The zero-order valence-electron chi connectivity index (χ0n) is 45.2. The van der Waals surface area contributed by atoms with Crippen LogP contribution in [-0.2, 0) is 0 Å². The number of benzene rings is 2. The smallest absolute Gasteiger partial charge is 0.123 e. The molecule has 0 spiro atoms. The van der Waals surface area contributed by atoms with Crippen molar-refractivity contribution in [2.24, 2.45) is 0 Å². The number of aromatic nitrogens is 4. The molecule has 0 radical (unpaired) electrons. The number of aromatic amines is 2. The minimum Gasteiger partial charge on any atom is -0.493 e. The topological polar surface area (TPSA) is 94.3 Å². The van der Waals surface area contributed by atoms with E-state index in [9.17, 15) is 0 Å². The number of fused-ring (bicyclic) bond motifs is 8. The Morgan fingerprint density at radius 1 is 0.338 bits per heavy atom. The normalized spacial score (nSPS) is 12.0. The van der Waals surface area contributed by atoms with E-state index < -0.39 is 0 Å². The van der Waals surface area contributed by atoms with E-state index in [0.29, 0.717) is 26.4 Å². The Balaban J connectivity index is 1.29. The molecule has 8 bridgehead atoms. The highest BCUT2D eigenvalue weighted by molar-refractivity contribution is 9.11. The summed E-state index contributed by atoms with van der Waals surface area (Å²) in [6.45, 7) is 11.7. The molecule has 2 aliphatic rings. The number of H-pyrrole nitrogens is 2. The Morgan fingerprint density at radius 2 is 0.608 bits per heavy atom. The number of hydrogen-bond acceptors (Lipinski definition) is 6. The first-order chi connectivity index (χ1) is 36.4. The van der Waals surface area contributed by atoms with Gasteiger partial charge in [-0.2, -0.15) is 0 Å². The number of halogens is 2. The van der Waals surface area contributed by atoms with E-state index in [1.54, 1.807) is 0 Å². The lowest BCUT2D eigenvalue weighted by atomic mass is 10.0. The van der Waals surface area contributed by atoms with Gasteiger partial charge in [-0.3, -0.25) is 0 Å². The van der Waals surface area contributed by atoms with Crippen molar-refractivity contribution in [2.75, 3.05) is 26.4 Å². The molecule has 8 nitrogen and oxygen atoms in total. The van der Waals surface area contributed by atoms with Crippen LogP contribution in [0.4, 0.5) is 0 Å². The van der Waals surface area contributed by atoms with Crippen molar-refractivity contribution in [1.29, 1.82) is 0 Å². The molecule has 2 aliphatic heterocycles. The van der Waals surface area contributed by atoms with Crippen LogP contribution in [0.3, 0.4) is 0 Å². The number of rotatable bonds is 34. The summed E-state index contributed by atoms with van der Waals surface area (Å²) in [6.07, 6.45) is 37.4. The van der Waals surface area contributed by atoms with Crippen molar-refractivity contribution in [1.82, 2.24) is 19.9 Å². The quantitative estimate of drug-likeness (QED) is 0.0390. The molecule has 3 aromatic heterocycles. The van der Waals surface area contributed by atoms with Crippen LogP contribution in [0, 0.1) is 0 Å². The maximum atomic E-state index is 6.54. The Kier molecular flexibility index (Phi) is 24.1. The predicted molar refractivity (Wildman–Crippen MR) is 321 cm³/mol.